The molecule has 0 aromatic heterocycles. The van der Waals surface area contributed by atoms with Crippen molar-refractivity contribution in [2.24, 2.45) is 11.8 Å². The van der Waals surface area contributed by atoms with Gasteiger partial charge < -0.3 is 9.84 Å². The summed E-state index contributed by atoms with van der Waals surface area (Å²) in [7, 11) is 0. The molecule has 1 N–H and O–H groups in total. The zero-order chi connectivity index (χ0) is 13.8. The van der Waals surface area contributed by atoms with Gasteiger partial charge in [-0.3, -0.25) is 0 Å². The Bertz CT molecular complexity index is 402. The van der Waals surface area contributed by atoms with E-state index in [4.69, 9.17) is 4.74 Å². The van der Waals surface area contributed by atoms with E-state index >= 15 is 0 Å². The Hall–Kier alpha value is -1.02. The number of hydrogen-bond donors (Lipinski definition) is 1. The molecule has 1 aromatic carbocycles. The smallest absolute Gasteiger partial charge is 0.125 e. The van der Waals surface area contributed by atoms with Crippen LogP contribution in [0.3, 0.4) is 0 Å². The molecule has 106 valence electrons. The van der Waals surface area contributed by atoms with Gasteiger partial charge in [0.25, 0.3) is 0 Å². The number of rotatable bonds is 4. The average molecular weight is 262 g/mol. The Labute approximate surface area is 116 Å². The number of ether oxygens (including phenoxy) is 1. The summed E-state index contributed by atoms with van der Waals surface area (Å²) in [5.74, 6) is 2.39. The highest BCUT2D eigenvalue weighted by Crippen LogP contribution is 2.34. The molecule has 4 atom stereocenters. The molecular formula is C17H26O2. The van der Waals surface area contributed by atoms with Gasteiger partial charge in [0.05, 0.1) is 12.2 Å². The minimum absolute atomic E-state index is 0.302. The van der Waals surface area contributed by atoms with Crippen molar-refractivity contribution in [3.05, 3.63) is 29.8 Å². The third-order valence-electron chi connectivity index (χ3n) is 4.51. The fourth-order valence-electron chi connectivity index (χ4n) is 2.87. The largest absolute Gasteiger partial charge is 0.490 e. The van der Waals surface area contributed by atoms with Gasteiger partial charge in [-0.2, -0.15) is 0 Å². The van der Waals surface area contributed by atoms with Crippen LogP contribution in [0.4, 0.5) is 0 Å². The van der Waals surface area contributed by atoms with E-state index in [0.717, 1.165) is 42.4 Å². The SMILES string of the molecule is CC[C@H](O)c1ccccc1OC1CCC(C)C(C)C1. The van der Waals surface area contributed by atoms with Crippen LogP contribution >= 0.6 is 0 Å². The van der Waals surface area contributed by atoms with Gasteiger partial charge in [-0.15, -0.1) is 0 Å². The average Bonchev–Trinajstić information content (AvgIpc) is 2.43. The van der Waals surface area contributed by atoms with E-state index in [1.54, 1.807) is 0 Å². The molecule has 2 rings (SSSR count). The Morgan fingerprint density at radius 2 is 1.95 bits per heavy atom. The van der Waals surface area contributed by atoms with Crippen LogP contribution in [-0.4, -0.2) is 11.2 Å². The van der Waals surface area contributed by atoms with Crippen molar-refractivity contribution in [3.8, 4) is 5.75 Å². The van der Waals surface area contributed by atoms with Crippen molar-refractivity contribution < 1.29 is 9.84 Å². The highest BCUT2D eigenvalue weighted by atomic mass is 16.5. The van der Waals surface area contributed by atoms with Gasteiger partial charge in [0.2, 0.25) is 0 Å². The molecule has 3 unspecified atom stereocenters. The lowest BCUT2D eigenvalue weighted by atomic mass is 9.80. The van der Waals surface area contributed by atoms with Gasteiger partial charge in [-0.25, -0.2) is 0 Å². The highest BCUT2D eigenvalue weighted by Gasteiger charge is 2.26. The molecule has 0 saturated heterocycles. The summed E-state index contributed by atoms with van der Waals surface area (Å²) < 4.78 is 6.17. The van der Waals surface area contributed by atoms with Gasteiger partial charge in [0, 0.05) is 5.56 Å². The Kier molecular flexibility index (Phi) is 4.87. The molecule has 0 aliphatic heterocycles. The number of para-hydroxylation sites is 1. The van der Waals surface area contributed by atoms with E-state index in [-0.39, 0.29) is 0 Å². The van der Waals surface area contributed by atoms with Gasteiger partial charge in [-0.05, 0) is 43.6 Å². The first-order chi connectivity index (χ1) is 9.11. The molecule has 0 heterocycles. The maximum atomic E-state index is 10.1. The van der Waals surface area contributed by atoms with Crippen LogP contribution in [0.5, 0.6) is 5.75 Å². The quantitative estimate of drug-likeness (QED) is 0.875. The molecule has 2 heteroatoms. The van der Waals surface area contributed by atoms with Crippen LogP contribution in [0.2, 0.25) is 0 Å². The second-order valence-electron chi connectivity index (χ2n) is 5.97. The molecule has 1 aliphatic rings. The van der Waals surface area contributed by atoms with Crippen LogP contribution < -0.4 is 4.74 Å². The maximum absolute atomic E-state index is 10.1. The lowest BCUT2D eigenvalue weighted by Gasteiger charge is -2.33. The predicted molar refractivity (Wildman–Crippen MR) is 78.3 cm³/mol. The molecule has 19 heavy (non-hydrogen) atoms. The fraction of sp³-hybridized carbons (Fsp3) is 0.647. The van der Waals surface area contributed by atoms with Crippen molar-refractivity contribution in [2.75, 3.05) is 0 Å². The van der Waals surface area contributed by atoms with Crippen LogP contribution in [0.1, 0.15) is 58.1 Å². The van der Waals surface area contributed by atoms with Crippen LogP contribution in [0.25, 0.3) is 0 Å². The van der Waals surface area contributed by atoms with E-state index < -0.39 is 6.10 Å². The summed E-state index contributed by atoms with van der Waals surface area (Å²) in [6.07, 6.45) is 4.09. The van der Waals surface area contributed by atoms with Gasteiger partial charge >= 0.3 is 0 Å². The zero-order valence-corrected chi connectivity index (χ0v) is 12.3. The van der Waals surface area contributed by atoms with Crippen molar-refractivity contribution >= 4 is 0 Å². The number of aliphatic hydroxyl groups is 1. The second kappa shape index (κ2) is 6.42. The Morgan fingerprint density at radius 3 is 2.63 bits per heavy atom. The van der Waals surface area contributed by atoms with E-state index in [9.17, 15) is 5.11 Å². The molecule has 0 amide bonds. The van der Waals surface area contributed by atoms with E-state index in [1.165, 1.54) is 6.42 Å². The minimum atomic E-state index is -0.420. The number of hydrogen-bond acceptors (Lipinski definition) is 2. The summed E-state index contributed by atoms with van der Waals surface area (Å²) in [5.41, 5.74) is 0.927. The molecule has 1 aromatic rings. The molecule has 1 saturated carbocycles. The molecule has 1 fully saturated rings. The summed E-state index contributed by atoms with van der Waals surface area (Å²) >= 11 is 0. The lowest BCUT2D eigenvalue weighted by Crippen LogP contribution is -2.29. The topological polar surface area (TPSA) is 29.5 Å². The first kappa shape index (κ1) is 14.4. The van der Waals surface area contributed by atoms with Crippen molar-refractivity contribution in [3.63, 3.8) is 0 Å². The van der Waals surface area contributed by atoms with E-state index in [1.807, 2.05) is 31.2 Å². The summed E-state index contributed by atoms with van der Waals surface area (Å²) in [4.78, 5) is 0. The first-order valence-electron chi connectivity index (χ1n) is 7.55. The Morgan fingerprint density at radius 1 is 1.21 bits per heavy atom. The molecular weight excluding hydrogens is 236 g/mol. The molecule has 0 bridgehead atoms. The van der Waals surface area contributed by atoms with Crippen LogP contribution in [0, 0.1) is 11.8 Å². The molecule has 2 nitrogen and oxygen atoms in total. The molecule has 1 aliphatic carbocycles. The fourth-order valence-corrected chi connectivity index (χ4v) is 2.87. The molecule has 0 radical (unpaired) electrons. The van der Waals surface area contributed by atoms with Crippen LogP contribution in [-0.2, 0) is 0 Å². The van der Waals surface area contributed by atoms with Gasteiger partial charge in [-0.1, -0.05) is 39.0 Å². The van der Waals surface area contributed by atoms with Crippen LogP contribution in [0.15, 0.2) is 24.3 Å². The first-order valence-corrected chi connectivity index (χ1v) is 7.55. The minimum Gasteiger partial charge on any atom is -0.490 e. The lowest BCUT2D eigenvalue weighted by molar-refractivity contribution is 0.0942. The van der Waals surface area contributed by atoms with Crippen molar-refractivity contribution in [1.29, 1.82) is 0 Å². The van der Waals surface area contributed by atoms with Crippen molar-refractivity contribution in [2.45, 2.75) is 58.7 Å². The third kappa shape index (κ3) is 3.50. The number of benzene rings is 1. The monoisotopic (exact) mass is 262 g/mol. The maximum Gasteiger partial charge on any atom is 0.125 e. The van der Waals surface area contributed by atoms with E-state index in [2.05, 4.69) is 13.8 Å². The van der Waals surface area contributed by atoms with Gasteiger partial charge in [0.1, 0.15) is 5.75 Å². The van der Waals surface area contributed by atoms with E-state index in [0.29, 0.717) is 6.10 Å². The second-order valence-corrected chi connectivity index (χ2v) is 5.97. The summed E-state index contributed by atoms with van der Waals surface area (Å²) in [6, 6.07) is 7.90. The summed E-state index contributed by atoms with van der Waals surface area (Å²) in [6.45, 7) is 6.63. The predicted octanol–water partition coefficient (Wildman–Crippen LogP) is 4.33. The zero-order valence-electron chi connectivity index (χ0n) is 12.3. The summed E-state index contributed by atoms with van der Waals surface area (Å²) in [5, 5.41) is 10.1. The molecule has 0 spiro atoms. The third-order valence-corrected chi connectivity index (χ3v) is 4.51. The normalized spacial score (nSPS) is 28.9. The van der Waals surface area contributed by atoms with Gasteiger partial charge in [0.15, 0.2) is 0 Å². The number of aliphatic hydroxyl groups excluding tert-OH is 1. The highest BCUT2D eigenvalue weighted by molar-refractivity contribution is 5.35. The standard InChI is InChI=1S/C17H26O2/c1-4-16(18)15-7-5-6-8-17(15)19-14-10-9-12(2)13(3)11-14/h5-8,12-14,16,18H,4,9-11H2,1-3H3/t12?,13?,14?,16-/m0/s1. The Balaban J connectivity index is 2.07. The van der Waals surface area contributed by atoms with Crippen molar-refractivity contribution in [1.82, 2.24) is 0 Å².